The highest BCUT2D eigenvalue weighted by Gasteiger charge is 2.19. The van der Waals surface area contributed by atoms with E-state index in [0.29, 0.717) is 33.1 Å². The highest BCUT2D eigenvalue weighted by Crippen LogP contribution is 2.31. The molecule has 0 bridgehead atoms. The number of nitrogens with zero attached hydrogens (tertiary/aromatic N) is 6. The Morgan fingerprint density at radius 2 is 1.87 bits per heavy atom. The van der Waals surface area contributed by atoms with Gasteiger partial charge in [0.15, 0.2) is 0 Å². The SMILES string of the molecule is Cc1ncc(-c2ccc(C(=O)N(C)C)cc2)nc1-c1nnc(-c2sccc2C#N)o1. The maximum absolute atomic E-state index is 12.1. The highest BCUT2D eigenvalue weighted by atomic mass is 32.1. The van der Waals surface area contributed by atoms with Crippen LogP contribution in [0.3, 0.4) is 0 Å². The molecule has 4 rings (SSSR count). The van der Waals surface area contributed by atoms with Gasteiger partial charge < -0.3 is 9.32 Å². The fourth-order valence-electron chi connectivity index (χ4n) is 2.81. The molecule has 1 amide bonds. The van der Waals surface area contributed by atoms with Crippen molar-refractivity contribution in [1.82, 2.24) is 25.1 Å². The molecule has 30 heavy (non-hydrogen) atoms. The van der Waals surface area contributed by atoms with Crippen molar-refractivity contribution in [3.8, 4) is 39.7 Å². The van der Waals surface area contributed by atoms with Crippen molar-refractivity contribution < 1.29 is 9.21 Å². The third kappa shape index (κ3) is 3.56. The zero-order valence-electron chi connectivity index (χ0n) is 16.4. The van der Waals surface area contributed by atoms with Gasteiger partial charge in [-0.05, 0) is 30.5 Å². The quantitative estimate of drug-likeness (QED) is 0.498. The van der Waals surface area contributed by atoms with Crippen LogP contribution in [-0.2, 0) is 0 Å². The van der Waals surface area contributed by atoms with Crippen LogP contribution in [0.2, 0.25) is 0 Å². The van der Waals surface area contributed by atoms with Crippen molar-refractivity contribution in [3.63, 3.8) is 0 Å². The van der Waals surface area contributed by atoms with Gasteiger partial charge >= 0.3 is 0 Å². The predicted molar refractivity (Wildman–Crippen MR) is 112 cm³/mol. The molecule has 0 unspecified atom stereocenters. The summed E-state index contributed by atoms with van der Waals surface area (Å²) >= 11 is 1.36. The Labute approximate surface area is 176 Å². The van der Waals surface area contributed by atoms with E-state index < -0.39 is 0 Å². The van der Waals surface area contributed by atoms with E-state index in [2.05, 4.69) is 26.2 Å². The zero-order chi connectivity index (χ0) is 21.3. The molecule has 0 aliphatic carbocycles. The van der Waals surface area contributed by atoms with Gasteiger partial charge in [-0.3, -0.25) is 9.78 Å². The lowest BCUT2D eigenvalue weighted by Crippen LogP contribution is -2.21. The number of aromatic nitrogens is 4. The first-order chi connectivity index (χ1) is 14.5. The van der Waals surface area contributed by atoms with Gasteiger partial charge in [-0.25, -0.2) is 4.98 Å². The molecular weight excluding hydrogens is 400 g/mol. The Bertz CT molecular complexity index is 1270. The normalized spacial score (nSPS) is 10.6. The molecule has 0 aliphatic heterocycles. The fraction of sp³-hybridized carbons (Fsp3) is 0.143. The van der Waals surface area contributed by atoms with E-state index in [1.807, 2.05) is 12.1 Å². The minimum atomic E-state index is -0.0686. The summed E-state index contributed by atoms with van der Waals surface area (Å²) in [4.78, 5) is 23.3. The van der Waals surface area contributed by atoms with Gasteiger partial charge in [-0.2, -0.15) is 5.26 Å². The van der Waals surface area contributed by atoms with Crippen LogP contribution in [-0.4, -0.2) is 45.1 Å². The second-order valence-electron chi connectivity index (χ2n) is 6.65. The number of thiophene rings is 1. The maximum Gasteiger partial charge on any atom is 0.268 e. The molecular formula is C21H16N6O2S. The number of aryl methyl sites for hydroxylation is 1. The molecule has 0 aliphatic rings. The zero-order valence-corrected chi connectivity index (χ0v) is 17.3. The van der Waals surface area contributed by atoms with Crippen molar-refractivity contribution in [2.75, 3.05) is 14.1 Å². The fourth-order valence-corrected chi connectivity index (χ4v) is 3.57. The van der Waals surface area contributed by atoms with Crippen LogP contribution in [0.25, 0.3) is 33.6 Å². The third-order valence-electron chi connectivity index (χ3n) is 4.40. The van der Waals surface area contributed by atoms with E-state index >= 15 is 0 Å². The number of nitriles is 1. The number of carbonyl (C=O) groups is 1. The summed E-state index contributed by atoms with van der Waals surface area (Å²) in [5.41, 5.74) is 3.61. The Balaban J connectivity index is 1.68. The van der Waals surface area contributed by atoms with Crippen LogP contribution in [0, 0.1) is 18.3 Å². The molecule has 0 spiro atoms. The van der Waals surface area contributed by atoms with E-state index in [0.717, 1.165) is 5.56 Å². The number of rotatable bonds is 4. The average molecular weight is 416 g/mol. The molecule has 0 atom stereocenters. The van der Waals surface area contributed by atoms with Crippen LogP contribution in [0.4, 0.5) is 0 Å². The molecule has 0 N–H and O–H groups in total. The Morgan fingerprint density at radius 3 is 2.57 bits per heavy atom. The molecule has 0 fully saturated rings. The van der Waals surface area contributed by atoms with Gasteiger partial charge in [0.05, 0.1) is 23.1 Å². The average Bonchev–Trinajstić information content (AvgIpc) is 3.42. The highest BCUT2D eigenvalue weighted by molar-refractivity contribution is 7.13. The lowest BCUT2D eigenvalue weighted by atomic mass is 10.1. The first-order valence-electron chi connectivity index (χ1n) is 8.95. The van der Waals surface area contributed by atoms with E-state index in [1.165, 1.54) is 16.2 Å². The van der Waals surface area contributed by atoms with Crippen molar-refractivity contribution in [2.45, 2.75) is 6.92 Å². The minimum absolute atomic E-state index is 0.0686. The van der Waals surface area contributed by atoms with Gasteiger partial charge in [0.1, 0.15) is 16.6 Å². The van der Waals surface area contributed by atoms with Crippen LogP contribution in [0.15, 0.2) is 46.3 Å². The standard InChI is InChI=1S/C21H16N6O2S/c1-12-17(19-25-26-20(29-19)18-15(10-22)8-9-30-18)24-16(11-23-12)13-4-6-14(7-5-13)21(28)27(2)3/h4-9,11H,1-3H3. The smallest absolute Gasteiger partial charge is 0.268 e. The van der Waals surface area contributed by atoms with Crippen molar-refractivity contribution in [1.29, 1.82) is 5.26 Å². The second kappa shape index (κ2) is 7.85. The molecule has 8 nitrogen and oxygen atoms in total. The molecule has 4 aromatic rings. The van der Waals surface area contributed by atoms with E-state index in [-0.39, 0.29) is 17.7 Å². The van der Waals surface area contributed by atoms with Gasteiger partial charge in [0.2, 0.25) is 0 Å². The van der Waals surface area contributed by atoms with Gasteiger partial charge in [0, 0.05) is 25.2 Å². The van der Waals surface area contributed by atoms with Crippen LogP contribution < -0.4 is 0 Å². The van der Waals surface area contributed by atoms with Gasteiger partial charge in [-0.1, -0.05) is 12.1 Å². The van der Waals surface area contributed by atoms with Crippen molar-refractivity contribution >= 4 is 17.2 Å². The van der Waals surface area contributed by atoms with Crippen LogP contribution in [0.1, 0.15) is 21.6 Å². The largest absolute Gasteiger partial charge is 0.414 e. The number of amides is 1. The summed E-state index contributed by atoms with van der Waals surface area (Å²) in [6.07, 6.45) is 1.66. The Kier molecular flexibility index (Phi) is 5.08. The molecule has 3 heterocycles. The van der Waals surface area contributed by atoms with Gasteiger partial charge in [0.25, 0.3) is 17.7 Å². The Hall–Kier alpha value is -3.90. The molecule has 9 heteroatoms. The molecule has 0 saturated heterocycles. The molecule has 1 aromatic carbocycles. The summed E-state index contributed by atoms with van der Waals surface area (Å²) in [5.74, 6) is 0.434. The molecule has 0 radical (unpaired) electrons. The molecule has 0 saturated carbocycles. The van der Waals surface area contributed by atoms with E-state index in [4.69, 9.17) is 4.42 Å². The number of benzene rings is 1. The van der Waals surface area contributed by atoms with Crippen LogP contribution >= 0.6 is 11.3 Å². The van der Waals surface area contributed by atoms with E-state index in [1.54, 1.807) is 50.8 Å². The predicted octanol–water partition coefficient (Wildman–Crippen LogP) is 3.80. The second-order valence-corrected chi connectivity index (χ2v) is 7.57. The Morgan fingerprint density at radius 1 is 1.13 bits per heavy atom. The monoisotopic (exact) mass is 416 g/mol. The lowest BCUT2D eigenvalue weighted by Gasteiger charge is -2.10. The number of hydrogen-bond acceptors (Lipinski definition) is 8. The first kappa shape index (κ1) is 19.4. The topological polar surface area (TPSA) is 109 Å². The molecule has 148 valence electrons. The number of hydrogen-bond donors (Lipinski definition) is 0. The van der Waals surface area contributed by atoms with Crippen molar-refractivity contribution in [3.05, 3.63) is 58.7 Å². The number of carbonyl (C=O) groups excluding carboxylic acids is 1. The summed E-state index contributed by atoms with van der Waals surface area (Å²) in [7, 11) is 3.42. The summed E-state index contributed by atoms with van der Waals surface area (Å²) in [6, 6.07) is 11.0. The molecule has 3 aromatic heterocycles. The summed E-state index contributed by atoms with van der Waals surface area (Å²) in [5, 5.41) is 19.2. The van der Waals surface area contributed by atoms with Crippen LogP contribution in [0.5, 0.6) is 0 Å². The lowest BCUT2D eigenvalue weighted by molar-refractivity contribution is 0.0827. The van der Waals surface area contributed by atoms with E-state index in [9.17, 15) is 10.1 Å². The maximum atomic E-state index is 12.1. The summed E-state index contributed by atoms with van der Waals surface area (Å²) in [6.45, 7) is 1.81. The minimum Gasteiger partial charge on any atom is -0.414 e. The van der Waals surface area contributed by atoms with Gasteiger partial charge in [-0.15, -0.1) is 21.5 Å². The van der Waals surface area contributed by atoms with Crippen molar-refractivity contribution in [2.24, 2.45) is 0 Å². The summed E-state index contributed by atoms with van der Waals surface area (Å²) < 4.78 is 5.79. The first-order valence-corrected chi connectivity index (χ1v) is 9.83. The third-order valence-corrected chi connectivity index (χ3v) is 5.30.